The molecule has 0 heterocycles. The summed E-state index contributed by atoms with van der Waals surface area (Å²) in [4.78, 5) is 0. The Balaban J connectivity index is 2.21. The first-order valence-electron chi connectivity index (χ1n) is 7.17. The molecule has 2 aromatic rings. The van der Waals surface area contributed by atoms with Crippen LogP contribution < -0.4 is 0 Å². The molecule has 0 saturated heterocycles. The van der Waals surface area contributed by atoms with E-state index in [-0.39, 0.29) is 6.61 Å². The molecule has 0 unspecified atom stereocenters. The van der Waals surface area contributed by atoms with Crippen molar-refractivity contribution in [2.75, 3.05) is 6.61 Å². The summed E-state index contributed by atoms with van der Waals surface area (Å²) in [7, 11) is 0. The number of hydrogen-bond donors (Lipinski definition) is 2. The van der Waals surface area contributed by atoms with Crippen molar-refractivity contribution >= 4 is 0 Å². The summed E-state index contributed by atoms with van der Waals surface area (Å²) in [5, 5.41) is 20.6. The van der Waals surface area contributed by atoms with E-state index in [2.05, 4.69) is 24.3 Å². The fourth-order valence-corrected chi connectivity index (χ4v) is 3.38. The molecule has 2 nitrogen and oxygen atoms in total. The van der Waals surface area contributed by atoms with E-state index in [4.69, 9.17) is 0 Å². The molecule has 104 valence electrons. The number of hydrogen-bond acceptors (Lipinski definition) is 2. The molecule has 0 bridgehead atoms. The highest BCUT2D eigenvalue weighted by Gasteiger charge is 2.59. The summed E-state index contributed by atoms with van der Waals surface area (Å²) in [5.74, 6) is 0. The Bertz CT molecular complexity index is 519. The smallest absolute Gasteiger partial charge is 0.0787 e. The van der Waals surface area contributed by atoms with Crippen LogP contribution in [0.25, 0.3) is 0 Å². The highest BCUT2D eigenvalue weighted by Crippen LogP contribution is 2.56. The van der Waals surface area contributed by atoms with Crippen molar-refractivity contribution in [2.24, 2.45) is 0 Å². The quantitative estimate of drug-likeness (QED) is 0.875. The Hall–Kier alpha value is -1.64. The van der Waals surface area contributed by atoms with E-state index < -0.39 is 11.0 Å². The lowest BCUT2D eigenvalue weighted by molar-refractivity contribution is 0.0595. The number of benzene rings is 2. The lowest BCUT2D eigenvalue weighted by Crippen LogP contribution is -2.43. The van der Waals surface area contributed by atoms with E-state index in [1.54, 1.807) is 0 Å². The minimum absolute atomic E-state index is 0.0616. The largest absolute Gasteiger partial charge is 0.396 e. The van der Waals surface area contributed by atoms with Gasteiger partial charge in [-0.15, -0.1) is 0 Å². The van der Waals surface area contributed by atoms with Gasteiger partial charge in [-0.2, -0.15) is 0 Å². The van der Waals surface area contributed by atoms with Crippen molar-refractivity contribution in [1.82, 2.24) is 0 Å². The maximum atomic E-state index is 11.0. The van der Waals surface area contributed by atoms with Crippen LogP contribution in [0.4, 0.5) is 0 Å². The van der Waals surface area contributed by atoms with Crippen molar-refractivity contribution in [2.45, 2.75) is 30.3 Å². The molecule has 0 radical (unpaired) electrons. The number of aliphatic hydroxyl groups excluding tert-OH is 1. The Morgan fingerprint density at radius 1 is 0.850 bits per heavy atom. The van der Waals surface area contributed by atoms with Gasteiger partial charge in [-0.25, -0.2) is 0 Å². The molecule has 0 aromatic heterocycles. The monoisotopic (exact) mass is 268 g/mol. The standard InChI is InChI=1S/C18H20O2/c19-14-13-18(17(20)11-12-17,15-7-3-1-4-8-15)16-9-5-2-6-10-16/h1-10,19-20H,11-14H2. The fourth-order valence-electron chi connectivity index (χ4n) is 3.38. The Labute approximate surface area is 119 Å². The predicted molar refractivity (Wildman–Crippen MR) is 79.6 cm³/mol. The molecule has 20 heavy (non-hydrogen) atoms. The van der Waals surface area contributed by atoms with Gasteiger partial charge in [0.05, 0.1) is 11.0 Å². The van der Waals surface area contributed by atoms with Gasteiger partial charge in [-0.3, -0.25) is 0 Å². The van der Waals surface area contributed by atoms with Gasteiger partial charge in [0.2, 0.25) is 0 Å². The van der Waals surface area contributed by atoms with Crippen LogP contribution in [-0.4, -0.2) is 22.4 Å². The second-order valence-electron chi connectivity index (χ2n) is 5.64. The zero-order valence-electron chi connectivity index (χ0n) is 11.5. The molecular formula is C18H20O2. The van der Waals surface area contributed by atoms with Crippen LogP contribution in [0.5, 0.6) is 0 Å². The maximum absolute atomic E-state index is 11.0. The molecule has 2 N–H and O–H groups in total. The van der Waals surface area contributed by atoms with Gasteiger partial charge < -0.3 is 10.2 Å². The molecule has 0 spiro atoms. The third-order valence-corrected chi connectivity index (χ3v) is 4.54. The molecule has 1 fully saturated rings. The normalized spacial score (nSPS) is 16.9. The Kier molecular flexibility index (Phi) is 3.36. The molecule has 1 saturated carbocycles. The van der Waals surface area contributed by atoms with Crippen molar-refractivity contribution < 1.29 is 10.2 Å². The summed E-state index contributed by atoms with van der Waals surface area (Å²) < 4.78 is 0. The summed E-state index contributed by atoms with van der Waals surface area (Å²) in [6.45, 7) is 0.0616. The SMILES string of the molecule is OCCC(c1ccccc1)(c1ccccc1)C1(O)CC1. The van der Waals surface area contributed by atoms with E-state index in [0.29, 0.717) is 6.42 Å². The van der Waals surface area contributed by atoms with Crippen LogP contribution in [0, 0.1) is 0 Å². The van der Waals surface area contributed by atoms with Crippen molar-refractivity contribution in [3.8, 4) is 0 Å². The van der Waals surface area contributed by atoms with Crippen LogP contribution in [-0.2, 0) is 5.41 Å². The van der Waals surface area contributed by atoms with Crippen LogP contribution in [0.2, 0.25) is 0 Å². The molecule has 1 aliphatic carbocycles. The third-order valence-electron chi connectivity index (χ3n) is 4.54. The number of rotatable bonds is 5. The van der Waals surface area contributed by atoms with E-state index in [1.807, 2.05) is 36.4 Å². The van der Waals surface area contributed by atoms with E-state index in [1.165, 1.54) is 0 Å². The first-order valence-corrected chi connectivity index (χ1v) is 7.17. The van der Waals surface area contributed by atoms with E-state index >= 15 is 0 Å². The molecule has 0 aliphatic heterocycles. The lowest BCUT2D eigenvalue weighted by Gasteiger charge is -2.39. The topological polar surface area (TPSA) is 40.5 Å². The predicted octanol–water partition coefficient (Wildman–Crippen LogP) is 2.88. The molecule has 2 aromatic carbocycles. The summed E-state index contributed by atoms with van der Waals surface area (Å²) >= 11 is 0. The summed E-state index contributed by atoms with van der Waals surface area (Å²) in [6, 6.07) is 20.2. The summed E-state index contributed by atoms with van der Waals surface area (Å²) in [5.41, 5.74) is 0.920. The first kappa shape index (κ1) is 13.3. The summed E-state index contributed by atoms with van der Waals surface area (Å²) in [6.07, 6.45) is 2.12. The average Bonchev–Trinajstić information content (AvgIpc) is 3.26. The molecule has 3 rings (SSSR count). The van der Waals surface area contributed by atoms with Crippen molar-refractivity contribution in [3.05, 3.63) is 71.8 Å². The van der Waals surface area contributed by atoms with Gasteiger partial charge in [-0.1, -0.05) is 60.7 Å². The third kappa shape index (κ3) is 1.96. The van der Waals surface area contributed by atoms with Crippen LogP contribution >= 0.6 is 0 Å². The maximum Gasteiger partial charge on any atom is 0.0787 e. The Morgan fingerprint density at radius 3 is 1.65 bits per heavy atom. The molecule has 2 heteroatoms. The van der Waals surface area contributed by atoms with Gasteiger partial charge in [0, 0.05) is 6.61 Å². The lowest BCUT2D eigenvalue weighted by atomic mass is 9.66. The highest BCUT2D eigenvalue weighted by atomic mass is 16.3. The van der Waals surface area contributed by atoms with Gasteiger partial charge in [-0.05, 0) is 30.4 Å². The second kappa shape index (κ2) is 5.04. The fraction of sp³-hybridized carbons (Fsp3) is 0.333. The average molecular weight is 268 g/mol. The molecular weight excluding hydrogens is 248 g/mol. The minimum atomic E-state index is -0.738. The van der Waals surface area contributed by atoms with Gasteiger partial charge in [0.15, 0.2) is 0 Å². The van der Waals surface area contributed by atoms with Gasteiger partial charge in [0.25, 0.3) is 0 Å². The highest BCUT2D eigenvalue weighted by molar-refractivity contribution is 5.45. The zero-order valence-corrected chi connectivity index (χ0v) is 11.5. The van der Waals surface area contributed by atoms with Crippen molar-refractivity contribution in [3.63, 3.8) is 0 Å². The number of aliphatic hydroxyl groups is 2. The van der Waals surface area contributed by atoms with E-state index in [0.717, 1.165) is 24.0 Å². The minimum Gasteiger partial charge on any atom is -0.396 e. The molecule has 1 aliphatic rings. The van der Waals surface area contributed by atoms with Crippen molar-refractivity contribution in [1.29, 1.82) is 0 Å². The molecule has 0 amide bonds. The van der Waals surface area contributed by atoms with Gasteiger partial charge >= 0.3 is 0 Å². The van der Waals surface area contributed by atoms with Crippen LogP contribution in [0.1, 0.15) is 30.4 Å². The van der Waals surface area contributed by atoms with E-state index in [9.17, 15) is 10.2 Å². The zero-order chi connectivity index (χ0) is 14.1. The van der Waals surface area contributed by atoms with Crippen LogP contribution in [0.15, 0.2) is 60.7 Å². The first-order chi connectivity index (χ1) is 9.73. The Morgan fingerprint density at radius 2 is 1.30 bits per heavy atom. The van der Waals surface area contributed by atoms with Crippen LogP contribution in [0.3, 0.4) is 0 Å². The second-order valence-corrected chi connectivity index (χ2v) is 5.64. The molecule has 0 atom stereocenters. The van der Waals surface area contributed by atoms with Gasteiger partial charge in [0.1, 0.15) is 0 Å².